The van der Waals surface area contributed by atoms with E-state index in [1.165, 1.54) is 11.8 Å². The van der Waals surface area contributed by atoms with Gasteiger partial charge in [0, 0.05) is 6.54 Å². The first-order valence-electron chi connectivity index (χ1n) is 7.95. The van der Waals surface area contributed by atoms with Crippen molar-refractivity contribution in [3.63, 3.8) is 0 Å². The maximum Gasteiger partial charge on any atom is 0.267 e. The molecule has 1 fully saturated rings. The Morgan fingerprint density at radius 1 is 1.19 bits per heavy atom. The van der Waals surface area contributed by atoms with Crippen molar-refractivity contribution in [2.45, 2.75) is 0 Å². The van der Waals surface area contributed by atoms with Crippen LogP contribution in [-0.4, -0.2) is 34.7 Å². The van der Waals surface area contributed by atoms with Gasteiger partial charge < -0.3 is 9.84 Å². The van der Waals surface area contributed by atoms with Crippen LogP contribution in [0.5, 0.6) is 11.5 Å². The van der Waals surface area contributed by atoms with E-state index in [2.05, 4.69) is 11.6 Å². The molecule has 0 spiro atoms. The van der Waals surface area contributed by atoms with Gasteiger partial charge in [-0.3, -0.25) is 9.69 Å². The minimum atomic E-state index is -0.108. The zero-order valence-electron chi connectivity index (χ0n) is 14.3. The third-order valence-corrected chi connectivity index (χ3v) is 4.69. The largest absolute Gasteiger partial charge is 0.508 e. The molecule has 0 atom stereocenters. The summed E-state index contributed by atoms with van der Waals surface area (Å²) in [4.78, 5) is 19.4. The molecule has 0 aromatic heterocycles. The molecule has 2 aromatic carbocycles. The molecule has 2 aromatic rings. The number of ether oxygens (including phenoxy) is 1. The van der Waals surface area contributed by atoms with Crippen LogP contribution < -0.4 is 4.74 Å². The van der Waals surface area contributed by atoms with Gasteiger partial charge in [-0.25, -0.2) is 4.99 Å². The molecule has 1 amide bonds. The van der Waals surface area contributed by atoms with Gasteiger partial charge in [0.15, 0.2) is 5.17 Å². The fourth-order valence-electron chi connectivity index (χ4n) is 2.37. The summed E-state index contributed by atoms with van der Waals surface area (Å²) in [6.07, 6.45) is 3.50. The molecule has 1 saturated heterocycles. The number of phenolic OH excluding ortho intramolecular Hbond substituents is 1. The highest BCUT2D eigenvalue weighted by molar-refractivity contribution is 8.18. The summed E-state index contributed by atoms with van der Waals surface area (Å²) in [7, 11) is 1.61. The highest BCUT2D eigenvalue weighted by atomic mass is 32.2. The first kappa shape index (κ1) is 17.8. The summed E-state index contributed by atoms with van der Waals surface area (Å²) < 4.78 is 5.15. The van der Waals surface area contributed by atoms with E-state index in [0.29, 0.717) is 22.3 Å². The average molecular weight is 366 g/mol. The average Bonchev–Trinajstić information content (AvgIpc) is 2.93. The van der Waals surface area contributed by atoms with Crippen molar-refractivity contribution in [2.75, 3.05) is 13.7 Å². The maximum atomic E-state index is 12.7. The Labute approximate surface area is 156 Å². The van der Waals surface area contributed by atoms with Crippen LogP contribution in [0.15, 0.2) is 71.1 Å². The molecule has 0 bridgehead atoms. The van der Waals surface area contributed by atoms with Crippen molar-refractivity contribution in [3.05, 3.63) is 71.7 Å². The van der Waals surface area contributed by atoms with Gasteiger partial charge in [-0.1, -0.05) is 18.2 Å². The number of aliphatic imine (C=N–C) groups is 1. The number of amidine groups is 1. The highest BCUT2D eigenvalue weighted by Gasteiger charge is 2.32. The van der Waals surface area contributed by atoms with E-state index < -0.39 is 0 Å². The number of hydrogen-bond donors (Lipinski definition) is 1. The van der Waals surface area contributed by atoms with E-state index in [4.69, 9.17) is 4.74 Å². The predicted octanol–water partition coefficient (Wildman–Crippen LogP) is 4.19. The minimum Gasteiger partial charge on any atom is -0.508 e. The molecule has 0 unspecified atom stereocenters. The third-order valence-electron chi connectivity index (χ3n) is 3.69. The zero-order valence-corrected chi connectivity index (χ0v) is 15.1. The Morgan fingerprint density at radius 2 is 1.88 bits per heavy atom. The number of rotatable bonds is 5. The fourth-order valence-corrected chi connectivity index (χ4v) is 3.38. The summed E-state index contributed by atoms with van der Waals surface area (Å²) in [6.45, 7) is 4.09. The Morgan fingerprint density at radius 3 is 2.50 bits per heavy atom. The van der Waals surface area contributed by atoms with Crippen molar-refractivity contribution in [1.29, 1.82) is 0 Å². The van der Waals surface area contributed by atoms with E-state index in [1.54, 1.807) is 42.4 Å². The molecule has 1 aliphatic heterocycles. The van der Waals surface area contributed by atoms with Gasteiger partial charge in [-0.15, -0.1) is 6.58 Å². The van der Waals surface area contributed by atoms with Gasteiger partial charge in [0.25, 0.3) is 5.91 Å². The SMILES string of the molecule is C=CCN1C(=O)/C(=C/c2ccc(OC)cc2)SC1=Nc1ccc(O)cc1. The molecule has 1 aliphatic rings. The molecule has 1 heterocycles. The first-order valence-corrected chi connectivity index (χ1v) is 8.76. The van der Waals surface area contributed by atoms with Crippen molar-refractivity contribution in [2.24, 2.45) is 4.99 Å². The molecule has 0 radical (unpaired) electrons. The van der Waals surface area contributed by atoms with Gasteiger partial charge in [-0.05, 0) is 59.8 Å². The fraction of sp³-hybridized carbons (Fsp3) is 0.100. The molecule has 0 aliphatic carbocycles. The highest BCUT2D eigenvalue weighted by Crippen LogP contribution is 2.34. The molecular weight excluding hydrogens is 348 g/mol. The van der Waals surface area contributed by atoms with E-state index >= 15 is 0 Å². The maximum absolute atomic E-state index is 12.7. The zero-order chi connectivity index (χ0) is 18.5. The minimum absolute atomic E-state index is 0.108. The summed E-state index contributed by atoms with van der Waals surface area (Å²) in [5.41, 5.74) is 1.57. The molecule has 132 valence electrons. The summed E-state index contributed by atoms with van der Waals surface area (Å²) in [5.74, 6) is 0.829. The van der Waals surface area contributed by atoms with Gasteiger partial charge in [0.05, 0.1) is 17.7 Å². The van der Waals surface area contributed by atoms with Crippen molar-refractivity contribution in [1.82, 2.24) is 4.90 Å². The molecule has 26 heavy (non-hydrogen) atoms. The van der Waals surface area contributed by atoms with E-state index in [1.807, 2.05) is 30.3 Å². The molecular formula is C20H18N2O3S. The third kappa shape index (κ3) is 3.97. The van der Waals surface area contributed by atoms with Gasteiger partial charge >= 0.3 is 0 Å². The van der Waals surface area contributed by atoms with Gasteiger partial charge in [0.1, 0.15) is 11.5 Å². The van der Waals surface area contributed by atoms with Crippen molar-refractivity contribution in [3.8, 4) is 11.5 Å². The predicted molar refractivity (Wildman–Crippen MR) is 106 cm³/mol. The molecule has 6 heteroatoms. The number of benzene rings is 2. The van der Waals surface area contributed by atoms with Crippen LogP contribution in [-0.2, 0) is 4.79 Å². The Hall–Kier alpha value is -2.99. The molecule has 0 saturated carbocycles. The lowest BCUT2D eigenvalue weighted by atomic mass is 10.2. The summed E-state index contributed by atoms with van der Waals surface area (Å²) >= 11 is 1.32. The number of phenols is 1. The van der Waals surface area contributed by atoms with Crippen LogP contribution in [0.2, 0.25) is 0 Å². The van der Waals surface area contributed by atoms with Crippen LogP contribution >= 0.6 is 11.8 Å². The Balaban J connectivity index is 1.91. The quantitative estimate of drug-likeness (QED) is 0.637. The Kier molecular flexibility index (Phi) is 5.43. The van der Waals surface area contributed by atoms with E-state index in [-0.39, 0.29) is 11.7 Å². The standard InChI is InChI=1S/C20H18N2O3S/c1-3-12-22-19(24)18(13-14-4-10-17(25-2)11-5-14)26-20(22)21-15-6-8-16(23)9-7-15/h3-11,13,23H,1,12H2,2H3/b18-13-,21-20?. The Bertz CT molecular complexity index is 871. The first-order chi connectivity index (χ1) is 12.6. The number of thioether (sulfide) groups is 1. The number of amides is 1. The van der Waals surface area contributed by atoms with E-state index in [0.717, 1.165) is 11.3 Å². The van der Waals surface area contributed by atoms with Crippen LogP contribution in [0, 0.1) is 0 Å². The number of hydrogen-bond acceptors (Lipinski definition) is 5. The van der Waals surface area contributed by atoms with Crippen LogP contribution in [0.4, 0.5) is 5.69 Å². The van der Waals surface area contributed by atoms with Crippen LogP contribution in [0.3, 0.4) is 0 Å². The number of methoxy groups -OCH3 is 1. The second-order valence-corrected chi connectivity index (χ2v) is 6.51. The monoisotopic (exact) mass is 366 g/mol. The van der Waals surface area contributed by atoms with Crippen molar-refractivity contribution < 1.29 is 14.6 Å². The van der Waals surface area contributed by atoms with E-state index in [9.17, 15) is 9.90 Å². The lowest BCUT2D eigenvalue weighted by Crippen LogP contribution is -2.29. The second kappa shape index (κ2) is 7.93. The molecule has 3 rings (SSSR count). The summed E-state index contributed by atoms with van der Waals surface area (Å²) in [5, 5.41) is 9.97. The molecule has 1 N–H and O–H groups in total. The van der Waals surface area contributed by atoms with Crippen LogP contribution in [0.1, 0.15) is 5.56 Å². The number of carbonyl (C=O) groups is 1. The number of nitrogens with zero attached hydrogens (tertiary/aromatic N) is 2. The lowest BCUT2D eigenvalue weighted by molar-refractivity contribution is -0.121. The topological polar surface area (TPSA) is 62.1 Å². The van der Waals surface area contributed by atoms with Crippen molar-refractivity contribution >= 4 is 34.6 Å². The number of carbonyl (C=O) groups excluding carboxylic acids is 1. The number of aromatic hydroxyl groups is 1. The summed E-state index contributed by atoms with van der Waals surface area (Å²) in [6, 6.07) is 14.0. The van der Waals surface area contributed by atoms with Gasteiger partial charge in [0.2, 0.25) is 0 Å². The smallest absolute Gasteiger partial charge is 0.267 e. The second-order valence-electron chi connectivity index (χ2n) is 5.50. The molecule has 5 nitrogen and oxygen atoms in total. The van der Waals surface area contributed by atoms with Crippen LogP contribution in [0.25, 0.3) is 6.08 Å². The normalized spacial score (nSPS) is 17.1. The lowest BCUT2D eigenvalue weighted by Gasteiger charge is -2.12. The van der Waals surface area contributed by atoms with Gasteiger partial charge in [-0.2, -0.15) is 0 Å².